The largest absolute Gasteiger partial charge is 0.313 e. The predicted molar refractivity (Wildman–Crippen MR) is 73.2 cm³/mol. The molecule has 0 saturated heterocycles. The summed E-state index contributed by atoms with van der Waals surface area (Å²) in [5.41, 5.74) is 0. The van der Waals surface area contributed by atoms with Gasteiger partial charge in [0.25, 0.3) is 0 Å². The highest BCUT2D eigenvalue weighted by Gasteiger charge is 2.28. The second kappa shape index (κ2) is 6.34. The van der Waals surface area contributed by atoms with E-state index in [2.05, 4.69) is 5.32 Å². The molecule has 1 rings (SSSR count). The van der Waals surface area contributed by atoms with Crippen LogP contribution >= 0.6 is 0 Å². The standard InChI is InChI=1S/C11H23NO4S2/c1-3-18(15,16)8-7-12-10-5-4-6-11(9-10)17(2,13)14/h10-12H,3-9H2,1-2H3. The third-order valence-corrected chi connectivity index (χ3v) is 6.86. The van der Waals surface area contributed by atoms with E-state index in [1.807, 2.05) is 0 Å². The summed E-state index contributed by atoms with van der Waals surface area (Å²) in [7, 11) is -5.92. The molecule has 1 aliphatic carbocycles. The monoisotopic (exact) mass is 297 g/mol. The maximum atomic E-state index is 11.5. The van der Waals surface area contributed by atoms with Crippen molar-refractivity contribution in [2.24, 2.45) is 0 Å². The normalized spacial score (nSPS) is 26.1. The molecule has 108 valence electrons. The van der Waals surface area contributed by atoms with Gasteiger partial charge in [-0.2, -0.15) is 0 Å². The fraction of sp³-hybridized carbons (Fsp3) is 1.00. The highest BCUT2D eigenvalue weighted by molar-refractivity contribution is 7.91. The zero-order valence-electron chi connectivity index (χ0n) is 11.1. The van der Waals surface area contributed by atoms with E-state index >= 15 is 0 Å². The smallest absolute Gasteiger partial charge is 0.151 e. The van der Waals surface area contributed by atoms with Crippen LogP contribution in [0.4, 0.5) is 0 Å². The second-order valence-electron chi connectivity index (χ2n) is 5.01. The minimum atomic E-state index is -2.98. The van der Waals surface area contributed by atoms with Gasteiger partial charge in [0.05, 0.1) is 11.0 Å². The molecule has 0 radical (unpaired) electrons. The first-order valence-electron chi connectivity index (χ1n) is 6.37. The van der Waals surface area contributed by atoms with Crippen LogP contribution in [0.1, 0.15) is 32.6 Å². The van der Waals surface area contributed by atoms with E-state index in [1.54, 1.807) is 6.92 Å². The van der Waals surface area contributed by atoms with E-state index < -0.39 is 19.7 Å². The van der Waals surface area contributed by atoms with Crippen molar-refractivity contribution in [3.05, 3.63) is 0 Å². The number of nitrogens with one attached hydrogen (secondary N) is 1. The van der Waals surface area contributed by atoms with Gasteiger partial charge in [-0.3, -0.25) is 0 Å². The van der Waals surface area contributed by atoms with Gasteiger partial charge in [0.15, 0.2) is 9.84 Å². The molecule has 1 N–H and O–H groups in total. The SMILES string of the molecule is CCS(=O)(=O)CCNC1CCCC(S(C)(=O)=O)C1. The zero-order valence-corrected chi connectivity index (χ0v) is 12.7. The van der Waals surface area contributed by atoms with E-state index in [0.717, 1.165) is 19.3 Å². The Bertz CT molecular complexity index is 455. The maximum Gasteiger partial charge on any atom is 0.151 e. The Morgan fingerprint density at radius 2 is 1.83 bits per heavy atom. The first-order valence-corrected chi connectivity index (χ1v) is 10.1. The van der Waals surface area contributed by atoms with Crippen molar-refractivity contribution in [3.8, 4) is 0 Å². The molecule has 18 heavy (non-hydrogen) atoms. The summed E-state index contributed by atoms with van der Waals surface area (Å²) in [4.78, 5) is 0. The van der Waals surface area contributed by atoms with Crippen molar-refractivity contribution in [3.63, 3.8) is 0 Å². The molecule has 2 unspecified atom stereocenters. The molecular weight excluding hydrogens is 274 g/mol. The summed E-state index contributed by atoms with van der Waals surface area (Å²) in [5, 5.41) is 2.90. The summed E-state index contributed by atoms with van der Waals surface area (Å²) >= 11 is 0. The molecule has 0 aromatic rings. The molecule has 0 aromatic carbocycles. The Labute approximate surface area is 110 Å². The zero-order chi connectivity index (χ0) is 13.8. The van der Waals surface area contributed by atoms with E-state index in [0.29, 0.717) is 13.0 Å². The van der Waals surface area contributed by atoms with E-state index in [-0.39, 0.29) is 22.8 Å². The van der Waals surface area contributed by atoms with E-state index in [9.17, 15) is 16.8 Å². The summed E-state index contributed by atoms with van der Waals surface area (Å²) < 4.78 is 45.6. The molecule has 1 saturated carbocycles. The molecule has 0 aliphatic heterocycles. The Balaban J connectivity index is 2.40. The van der Waals surface area contributed by atoms with Crippen LogP contribution in [0.25, 0.3) is 0 Å². The Morgan fingerprint density at radius 3 is 2.39 bits per heavy atom. The quantitative estimate of drug-likeness (QED) is 0.766. The first-order chi connectivity index (χ1) is 8.24. The summed E-state index contributed by atoms with van der Waals surface area (Å²) in [6.45, 7) is 2.05. The molecular formula is C11H23NO4S2. The third kappa shape index (κ3) is 5.24. The van der Waals surface area contributed by atoms with Gasteiger partial charge in [0.1, 0.15) is 9.84 Å². The van der Waals surface area contributed by atoms with Crippen molar-refractivity contribution in [2.75, 3.05) is 24.3 Å². The van der Waals surface area contributed by atoms with Gasteiger partial charge in [0.2, 0.25) is 0 Å². The highest BCUT2D eigenvalue weighted by atomic mass is 32.2. The molecule has 0 amide bonds. The third-order valence-electron chi connectivity index (χ3n) is 3.52. The van der Waals surface area contributed by atoms with E-state index in [4.69, 9.17) is 0 Å². The molecule has 0 heterocycles. The van der Waals surface area contributed by atoms with Gasteiger partial charge in [-0.1, -0.05) is 13.3 Å². The molecule has 0 spiro atoms. The lowest BCUT2D eigenvalue weighted by atomic mass is 9.95. The van der Waals surface area contributed by atoms with Crippen molar-refractivity contribution >= 4 is 19.7 Å². The minimum Gasteiger partial charge on any atom is -0.313 e. The summed E-state index contributed by atoms with van der Waals surface area (Å²) in [6, 6.07) is 0.130. The minimum absolute atomic E-state index is 0.129. The number of sulfone groups is 2. The first kappa shape index (κ1) is 15.9. The predicted octanol–water partition coefficient (Wildman–Crippen LogP) is 0.367. The molecule has 7 heteroatoms. The molecule has 2 atom stereocenters. The van der Waals surface area contributed by atoms with Crippen LogP contribution in [-0.2, 0) is 19.7 Å². The highest BCUT2D eigenvalue weighted by Crippen LogP contribution is 2.23. The van der Waals surface area contributed by atoms with Gasteiger partial charge >= 0.3 is 0 Å². The lowest BCUT2D eigenvalue weighted by molar-refractivity contribution is 0.378. The Morgan fingerprint density at radius 1 is 1.17 bits per heavy atom. The number of hydrogen-bond donors (Lipinski definition) is 1. The molecule has 0 bridgehead atoms. The van der Waals surface area contributed by atoms with Crippen LogP contribution in [0.3, 0.4) is 0 Å². The average Bonchev–Trinajstić information content (AvgIpc) is 2.28. The van der Waals surface area contributed by atoms with Gasteiger partial charge < -0.3 is 5.32 Å². The van der Waals surface area contributed by atoms with Gasteiger partial charge in [-0.05, 0) is 19.3 Å². The molecule has 1 fully saturated rings. The van der Waals surface area contributed by atoms with Crippen molar-refractivity contribution in [1.29, 1.82) is 0 Å². The Kier molecular flexibility index (Phi) is 5.61. The molecule has 0 aromatic heterocycles. The molecule has 1 aliphatic rings. The van der Waals surface area contributed by atoms with Crippen LogP contribution in [-0.4, -0.2) is 52.4 Å². The summed E-state index contributed by atoms with van der Waals surface area (Å²) in [6.07, 6.45) is 4.42. The number of hydrogen-bond acceptors (Lipinski definition) is 5. The van der Waals surface area contributed by atoms with Crippen LogP contribution < -0.4 is 5.32 Å². The Hall–Kier alpha value is -0.140. The van der Waals surface area contributed by atoms with E-state index in [1.165, 1.54) is 6.26 Å². The maximum absolute atomic E-state index is 11.5. The van der Waals surface area contributed by atoms with Crippen molar-refractivity contribution in [1.82, 2.24) is 5.32 Å². The van der Waals surface area contributed by atoms with Crippen molar-refractivity contribution < 1.29 is 16.8 Å². The summed E-state index contributed by atoms with van der Waals surface area (Å²) in [5.74, 6) is 0.287. The topological polar surface area (TPSA) is 80.3 Å². The fourth-order valence-corrected chi connectivity index (χ4v) is 4.18. The second-order valence-corrected chi connectivity index (χ2v) is 9.80. The van der Waals surface area contributed by atoms with Crippen LogP contribution in [0.5, 0.6) is 0 Å². The van der Waals surface area contributed by atoms with Crippen LogP contribution in [0.2, 0.25) is 0 Å². The lowest BCUT2D eigenvalue weighted by Gasteiger charge is -2.28. The number of rotatable bonds is 6. The molecule has 5 nitrogen and oxygen atoms in total. The van der Waals surface area contributed by atoms with Crippen LogP contribution in [0, 0.1) is 0 Å². The van der Waals surface area contributed by atoms with Gasteiger partial charge in [-0.25, -0.2) is 16.8 Å². The van der Waals surface area contributed by atoms with Gasteiger partial charge in [0, 0.05) is 24.6 Å². The fourth-order valence-electron chi connectivity index (χ4n) is 2.28. The van der Waals surface area contributed by atoms with Gasteiger partial charge in [-0.15, -0.1) is 0 Å². The van der Waals surface area contributed by atoms with Crippen molar-refractivity contribution in [2.45, 2.75) is 43.9 Å². The lowest BCUT2D eigenvalue weighted by Crippen LogP contribution is -2.40. The van der Waals surface area contributed by atoms with Crippen LogP contribution in [0.15, 0.2) is 0 Å². The average molecular weight is 297 g/mol.